The van der Waals surface area contributed by atoms with E-state index in [0.717, 1.165) is 6.54 Å². The highest BCUT2D eigenvalue weighted by molar-refractivity contribution is 9.10. The maximum absolute atomic E-state index is 3.54. The van der Waals surface area contributed by atoms with Crippen molar-refractivity contribution in [3.05, 3.63) is 20.3 Å². The van der Waals surface area contributed by atoms with Crippen molar-refractivity contribution in [3.63, 3.8) is 0 Å². The van der Waals surface area contributed by atoms with Crippen LogP contribution in [0, 0.1) is 12.3 Å². The molecule has 1 aromatic rings. The van der Waals surface area contributed by atoms with Crippen LogP contribution in [-0.2, 0) is 6.54 Å². The fraction of sp³-hybridized carbons (Fsp3) is 0.636. The van der Waals surface area contributed by atoms with Gasteiger partial charge in [0, 0.05) is 27.3 Å². The van der Waals surface area contributed by atoms with Gasteiger partial charge in [-0.25, -0.2) is 0 Å². The highest BCUT2D eigenvalue weighted by atomic mass is 79.9. The molecule has 1 aliphatic carbocycles. The number of hydrogen-bond acceptors (Lipinski definition) is 2. The van der Waals surface area contributed by atoms with Gasteiger partial charge in [0.1, 0.15) is 0 Å². The maximum Gasteiger partial charge on any atom is 0.0314 e. The van der Waals surface area contributed by atoms with Crippen molar-refractivity contribution in [2.45, 2.75) is 33.2 Å². The van der Waals surface area contributed by atoms with Gasteiger partial charge in [0.2, 0.25) is 0 Å². The molecule has 1 nitrogen and oxygen atoms in total. The van der Waals surface area contributed by atoms with E-state index in [-0.39, 0.29) is 0 Å². The van der Waals surface area contributed by atoms with Crippen molar-refractivity contribution in [1.29, 1.82) is 0 Å². The Morgan fingerprint density at radius 1 is 1.57 bits per heavy atom. The molecule has 0 aliphatic heterocycles. The summed E-state index contributed by atoms with van der Waals surface area (Å²) in [5.74, 6) is 0. The quantitative estimate of drug-likeness (QED) is 0.882. The summed E-state index contributed by atoms with van der Waals surface area (Å²) in [6.45, 7) is 6.70. The van der Waals surface area contributed by atoms with Gasteiger partial charge in [0.25, 0.3) is 0 Å². The normalized spacial score (nSPS) is 18.5. The van der Waals surface area contributed by atoms with Crippen molar-refractivity contribution in [2.24, 2.45) is 5.41 Å². The Morgan fingerprint density at radius 2 is 2.29 bits per heavy atom. The van der Waals surface area contributed by atoms with Crippen molar-refractivity contribution in [1.82, 2.24) is 5.32 Å². The largest absolute Gasteiger partial charge is 0.311 e. The SMILES string of the molecule is Cc1sc(CNCC2(C)CC2)cc1Br. The summed E-state index contributed by atoms with van der Waals surface area (Å²) in [4.78, 5) is 2.80. The van der Waals surface area contributed by atoms with E-state index in [1.165, 1.54) is 33.6 Å². The Labute approximate surface area is 98.0 Å². The average molecular weight is 274 g/mol. The summed E-state index contributed by atoms with van der Waals surface area (Å²) in [7, 11) is 0. The third kappa shape index (κ3) is 2.59. The molecule has 0 unspecified atom stereocenters. The molecule has 1 heterocycles. The summed E-state index contributed by atoms with van der Waals surface area (Å²) in [6.07, 6.45) is 2.79. The van der Waals surface area contributed by atoms with E-state index in [4.69, 9.17) is 0 Å². The summed E-state index contributed by atoms with van der Waals surface area (Å²) >= 11 is 5.42. The van der Waals surface area contributed by atoms with E-state index in [1.54, 1.807) is 0 Å². The molecule has 0 spiro atoms. The molecular formula is C11H16BrNS. The standard InChI is InChI=1S/C11H16BrNS/c1-8-10(12)5-9(14-8)6-13-7-11(2)3-4-11/h5,13H,3-4,6-7H2,1-2H3. The zero-order valence-corrected chi connectivity index (χ0v) is 11.1. The maximum atomic E-state index is 3.54. The van der Waals surface area contributed by atoms with E-state index in [1.807, 2.05) is 11.3 Å². The van der Waals surface area contributed by atoms with Gasteiger partial charge in [-0.2, -0.15) is 0 Å². The van der Waals surface area contributed by atoms with Gasteiger partial charge in [0.05, 0.1) is 0 Å². The molecule has 2 rings (SSSR count). The lowest BCUT2D eigenvalue weighted by molar-refractivity contribution is 0.501. The summed E-state index contributed by atoms with van der Waals surface area (Å²) in [5, 5.41) is 3.53. The van der Waals surface area contributed by atoms with Crippen LogP contribution in [0.4, 0.5) is 0 Å². The molecule has 0 radical (unpaired) electrons. The van der Waals surface area contributed by atoms with Crippen molar-refractivity contribution in [3.8, 4) is 0 Å². The number of halogens is 1. The van der Waals surface area contributed by atoms with E-state index >= 15 is 0 Å². The smallest absolute Gasteiger partial charge is 0.0314 e. The lowest BCUT2D eigenvalue weighted by atomic mass is 10.1. The number of aryl methyl sites for hydroxylation is 1. The Morgan fingerprint density at radius 3 is 2.79 bits per heavy atom. The minimum absolute atomic E-state index is 0.615. The fourth-order valence-electron chi connectivity index (χ4n) is 1.48. The lowest BCUT2D eigenvalue weighted by Gasteiger charge is -2.08. The zero-order chi connectivity index (χ0) is 10.2. The van der Waals surface area contributed by atoms with Crippen molar-refractivity contribution in [2.75, 3.05) is 6.54 Å². The molecule has 3 heteroatoms. The molecule has 1 aromatic heterocycles. The fourth-order valence-corrected chi connectivity index (χ4v) is 3.05. The number of thiophene rings is 1. The van der Waals surface area contributed by atoms with E-state index < -0.39 is 0 Å². The zero-order valence-electron chi connectivity index (χ0n) is 8.69. The van der Waals surface area contributed by atoms with Crippen LogP contribution in [0.5, 0.6) is 0 Å². The Kier molecular flexibility index (Phi) is 3.01. The van der Waals surface area contributed by atoms with E-state index in [9.17, 15) is 0 Å². The van der Waals surface area contributed by atoms with Gasteiger partial charge < -0.3 is 5.32 Å². The molecule has 1 N–H and O–H groups in total. The van der Waals surface area contributed by atoms with Crippen molar-refractivity contribution < 1.29 is 0 Å². The molecule has 0 saturated heterocycles. The van der Waals surface area contributed by atoms with E-state index in [0.29, 0.717) is 5.41 Å². The summed E-state index contributed by atoms with van der Waals surface area (Å²) in [6, 6.07) is 2.22. The molecular weight excluding hydrogens is 258 g/mol. The van der Waals surface area contributed by atoms with Crippen LogP contribution >= 0.6 is 27.3 Å². The number of nitrogens with one attached hydrogen (secondary N) is 1. The molecule has 14 heavy (non-hydrogen) atoms. The van der Waals surface area contributed by atoms with Gasteiger partial charge >= 0.3 is 0 Å². The first-order valence-corrected chi connectivity index (χ1v) is 6.66. The lowest BCUT2D eigenvalue weighted by Crippen LogP contribution is -2.20. The predicted molar refractivity (Wildman–Crippen MR) is 65.8 cm³/mol. The van der Waals surface area contributed by atoms with Crippen LogP contribution in [0.15, 0.2) is 10.5 Å². The van der Waals surface area contributed by atoms with Gasteiger partial charge in [-0.3, -0.25) is 0 Å². The van der Waals surface area contributed by atoms with Gasteiger partial charge in [-0.1, -0.05) is 6.92 Å². The van der Waals surface area contributed by atoms with Crippen LogP contribution in [0.3, 0.4) is 0 Å². The highest BCUT2D eigenvalue weighted by Crippen LogP contribution is 2.44. The minimum atomic E-state index is 0.615. The topological polar surface area (TPSA) is 12.0 Å². The Hall–Kier alpha value is 0.140. The number of hydrogen-bond donors (Lipinski definition) is 1. The second-order valence-corrected chi connectivity index (χ2v) is 6.73. The van der Waals surface area contributed by atoms with Gasteiger partial charge in [-0.15, -0.1) is 11.3 Å². The third-order valence-electron chi connectivity index (χ3n) is 2.86. The molecule has 1 saturated carbocycles. The Bertz CT molecular complexity index is 309. The molecule has 0 amide bonds. The monoisotopic (exact) mass is 273 g/mol. The van der Waals surface area contributed by atoms with Crippen LogP contribution < -0.4 is 5.32 Å². The second-order valence-electron chi connectivity index (χ2n) is 4.53. The first kappa shape index (κ1) is 10.7. The van der Waals surface area contributed by atoms with Crippen LogP contribution in [0.25, 0.3) is 0 Å². The molecule has 0 aromatic carbocycles. The van der Waals surface area contributed by atoms with Crippen LogP contribution in [0.2, 0.25) is 0 Å². The van der Waals surface area contributed by atoms with Crippen LogP contribution in [-0.4, -0.2) is 6.54 Å². The van der Waals surface area contributed by atoms with Gasteiger partial charge in [-0.05, 0) is 47.2 Å². The average Bonchev–Trinajstić information content (AvgIpc) is 2.75. The molecule has 1 aliphatic rings. The summed E-state index contributed by atoms with van der Waals surface area (Å²) < 4.78 is 1.25. The molecule has 0 atom stereocenters. The van der Waals surface area contributed by atoms with Crippen LogP contribution in [0.1, 0.15) is 29.5 Å². The molecule has 1 fully saturated rings. The number of rotatable bonds is 4. The first-order valence-electron chi connectivity index (χ1n) is 5.05. The Balaban J connectivity index is 1.80. The summed E-state index contributed by atoms with van der Waals surface area (Å²) in [5.41, 5.74) is 0.615. The first-order chi connectivity index (χ1) is 6.59. The molecule has 78 valence electrons. The van der Waals surface area contributed by atoms with E-state index in [2.05, 4.69) is 41.2 Å². The minimum Gasteiger partial charge on any atom is -0.311 e. The second kappa shape index (κ2) is 3.95. The van der Waals surface area contributed by atoms with Gasteiger partial charge in [0.15, 0.2) is 0 Å². The highest BCUT2D eigenvalue weighted by Gasteiger charge is 2.36. The van der Waals surface area contributed by atoms with Crippen molar-refractivity contribution >= 4 is 27.3 Å². The third-order valence-corrected chi connectivity index (χ3v) is 5.00. The molecule has 0 bridgehead atoms. The predicted octanol–water partition coefficient (Wildman–Crippen LogP) is 3.71.